The summed E-state index contributed by atoms with van der Waals surface area (Å²) in [5.41, 5.74) is 3.15. The van der Waals surface area contributed by atoms with Crippen molar-refractivity contribution in [3.63, 3.8) is 0 Å². The molecule has 0 spiro atoms. The van der Waals surface area contributed by atoms with Crippen LogP contribution < -0.4 is 5.32 Å². The van der Waals surface area contributed by atoms with E-state index in [1.807, 2.05) is 12.1 Å². The number of anilines is 1. The molecule has 0 aliphatic carbocycles. The van der Waals surface area contributed by atoms with E-state index < -0.39 is 0 Å². The Bertz CT molecular complexity index is 780. The second-order valence-electron chi connectivity index (χ2n) is 4.96. The fraction of sp³-hybridized carbons (Fsp3) is 0.125. The highest BCUT2D eigenvalue weighted by molar-refractivity contribution is 6.35. The van der Waals surface area contributed by atoms with E-state index >= 15 is 0 Å². The van der Waals surface area contributed by atoms with E-state index in [0.717, 1.165) is 5.56 Å². The standard InChI is InChI=1S/C16H13ClN2O2/c1-8-13-12(7-10-3-5-11(17)6-4-10)16(21)19-15(13)18-9(2)14(8)20/h3-7,20H,1-2H3,(H,18,19,21)/b12-7-. The molecule has 2 N–H and O–H groups in total. The largest absolute Gasteiger partial charge is 0.506 e. The van der Waals surface area contributed by atoms with Crippen molar-refractivity contribution in [1.29, 1.82) is 0 Å². The highest BCUT2D eigenvalue weighted by atomic mass is 35.5. The maximum atomic E-state index is 12.2. The number of benzene rings is 1. The van der Waals surface area contributed by atoms with Crippen LogP contribution in [0.1, 0.15) is 22.4 Å². The van der Waals surface area contributed by atoms with Crippen molar-refractivity contribution in [3.05, 3.63) is 51.7 Å². The van der Waals surface area contributed by atoms with Crippen LogP contribution in [-0.4, -0.2) is 16.0 Å². The van der Waals surface area contributed by atoms with Gasteiger partial charge in [-0.2, -0.15) is 0 Å². The third-order valence-corrected chi connectivity index (χ3v) is 3.77. The van der Waals surface area contributed by atoms with Crippen LogP contribution in [-0.2, 0) is 4.79 Å². The van der Waals surface area contributed by atoms with Crippen molar-refractivity contribution in [3.8, 4) is 5.75 Å². The maximum absolute atomic E-state index is 12.2. The van der Waals surface area contributed by atoms with Crippen LogP contribution in [0.3, 0.4) is 0 Å². The van der Waals surface area contributed by atoms with Gasteiger partial charge in [-0.05, 0) is 37.6 Å². The number of hydrogen-bond donors (Lipinski definition) is 2. The number of carbonyl (C=O) groups is 1. The van der Waals surface area contributed by atoms with Crippen molar-refractivity contribution >= 4 is 35.0 Å². The van der Waals surface area contributed by atoms with Gasteiger partial charge in [-0.15, -0.1) is 0 Å². The van der Waals surface area contributed by atoms with Crippen LogP contribution in [0.4, 0.5) is 5.82 Å². The van der Waals surface area contributed by atoms with Crippen molar-refractivity contribution in [2.45, 2.75) is 13.8 Å². The molecule has 0 fully saturated rings. The van der Waals surface area contributed by atoms with Gasteiger partial charge in [0.2, 0.25) is 0 Å². The predicted octanol–water partition coefficient (Wildman–Crippen LogP) is 3.55. The second kappa shape index (κ2) is 4.90. The Labute approximate surface area is 127 Å². The van der Waals surface area contributed by atoms with E-state index in [1.54, 1.807) is 32.1 Å². The van der Waals surface area contributed by atoms with Gasteiger partial charge in [0.25, 0.3) is 5.91 Å². The minimum atomic E-state index is -0.222. The van der Waals surface area contributed by atoms with Gasteiger partial charge in [0, 0.05) is 16.1 Å². The summed E-state index contributed by atoms with van der Waals surface area (Å²) < 4.78 is 0. The zero-order valence-electron chi connectivity index (χ0n) is 11.6. The molecule has 2 heterocycles. The monoisotopic (exact) mass is 300 g/mol. The van der Waals surface area contributed by atoms with Gasteiger partial charge in [0.15, 0.2) is 0 Å². The number of rotatable bonds is 1. The van der Waals surface area contributed by atoms with Crippen molar-refractivity contribution < 1.29 is 9.90 Å². The molecule has 4 nitrogen and oxygen atoms in total. The number of amides is 1. The lowest BCUT2D eigenvalue weighted by molar-refractivity contribution is -0.110. The molecule has 3 rings (SSSR count). The fourth-order valence-corrected chi connectivity index (χ4v) is 2.54. The van der Waals surface area contributed by atoms with Gasteiger partial charge in [0.05, 0.1) is 11.3 Å². The minimum absolute atomic E-state index is 0.118. The van der Waals surface area contributed by atoms with Crippen LogP contribution in [0.25, 0.3) is 11.6 Å². The van der Waals surface area contributed by atoms with Crippen molar-refractivity contribution in [2.24, 2.45) is 0 Å². The molecule has 1 aromatic heterocycles. The van der Waals surface area contributed by atoms with Crippen LogP contribution >= 0.6 is 11.6 Å². The molecule has 0 atom stereocenters. The average Bonchev–Trinajstić information content (AvgIpc) is 2.75. The summed E-state index contributed by atoms with van der Waals surface area (Å²) in [4.78, 5) is 16.4. The maximum Gasteiger partial charge on any atom is 0.257 e. The van der Waals surface area contributed by atoms with Crippen LogP contribution in [0, 0.1) is 13.8 Å². The fourth-order valence-electron chi connectivity index (χ4n) is 2.42. The minimum Gasteiger partial charge on any atom is -0.506 e. The molecule has 1 aliphatic heterocycles. The number of aromatic hydroxyl groups is 1. The third kappa shape index (κ3) is 2.28. The first kappa shape index (κ1) is 13.6. The van der Waals surface area contributed by atoms with Gasteiger partial charge < -0.3 is 10.4 Å². The second-order valence-corrected chi connectivity index (χ2v) is 5.39. The van der Waals surface area contributed by atoms with Crippen molar-refractivity contribution in [1.82, 2.24) is 4.98 Å². The molecule has 0 unspecified atom stereocenters. The predicted molar refractivity (Wildman–Crippen MR) is 83.3 cm³/mol. The summed E-state index contributed by atoms with van der Waals surface area (Å²) in [5, 5.41) is 13.4. The Morgan fingerprint density at radius 2 is 1.90 bits per heavy atom. The quantitative estimate of drug-likeness (QED) is 0.792. The molecule has 106 valence electrons. The summed E-state index contributed by atoms with van der Waals surface area (Å²) in [5.74, 6) is 0.390. The molecule has 0 bridgehead atoms. The highest BCUT2D eigenvalue weighted by Gasteiger charge is 2.29. The number of fused-ring (bicyclic) bond motifs is 1. The summed E-state index contributed by atoms with van der Waals surface area (Å²) >= 11 is 5.86. The van der Waals surface area contributed by atoms with Crippen LogP contribution in [0.2, 0.25) is 5.02 Å². The molecule has 1 amide bonds. The number of nitrogens with one attached hydrogen (secondary N) is 1. The van der Waals surface area contributed by atoms with Gasteiger partial charge >= 0.3 is 0 Å². The zero-order valence-corrected chi connectivity index (χ0v) is 12.3. The van der Waals surface area contributed by atoms with Gasteiger partial charge in [-0.3, -0.25) is 4.79 Å². The number of carbonyl (C=O) groups excluding carboxylic acids is 1. The smallest absolute Gasteiger partial charge is 0.257 e. The molecule has 1 aromatic carbocycles. The molecule has 5 heteroatoms. The molecule has 2 aromatic rings. The Balaban J connectivity index is 2.17. The average molecular weight is 301 g/mol. The first-order valence-electron chi connectivity index (χ1n) is 6.46. The lowest BCUT2D eigenvalue weighted by atomic mass is 10.00. The zero-order chi connectivity index (χ0) is 15.1. The number of hydrogen-bond acceptors (Lipinski definition) is 3. The number of pyridine rings is 1. The normalized spacial score (nSPS) is 15.2. The molecule has 21 heavy (non-hydrogen) atoms. The molecule has 0 saturated heterocycles. The topological polar surface area (TPSA) is 62.2 Å². The van der Waals surface area contributed by atoms with Gasteiger partial charge in [-0.25, -0.2) is 4.98 Å². The number of aromatic nitrogens is 1. The Hall–Kier alpha value is -2.33. The highest BCUT2D eigenvalue weighted by Crippen LogP contribution is 2.38. The van der Waals surface area contributed by atoms with Crippen LogP contribution in [0.5, 0.6) is 5.75 Å². The molecular weight excluding hydrogens is 288 g/mol. The Kier molecular flexibility index (Phi) is 3.18. The summed E-state index contributed by atoms with van der Waals surface area (Å²) in [6.07, 6.45) is 1.76. The number of aryl methyl sites for hydroxylation is 1. The molecular formula is C16H13ClN2O2. The molecule has 0 saturated carbocycles. The van der Waals surface area contributed by atoms with E-state index in [4.69, 9.17) is 11.6 Å². The summed E-state index contributed by atoms with van der Waals surface area (Å²) in [7, 11) is 0. The van der Waals surface area contributed by atoms with E-state index in [0.29, 0.717) is 33.2 Å². The SMILES string of the molecule is Cc1nc2c(c(C)c1O)/C(=C/c1ccc(Cl)cc1)C(=O)N2. The Morgan fingerprint density at radius 1 is 1.24 bits per heavy atom. The van der Waals surface area contributed by atoms with Crippen molar-refractivity contribution in [2.75, 3.05) is 5.32 Å². The first-order valence-corrected chi connectivity index (χ1v) is 6.84. The summed E-state index contributed by atoms with van der Waals surface area (Å²) in [6, 6.07) is 7.19. The Morgan fingerprint density at radius 3 is 2.57 bits per heavy atom. The lowest BCUT2D eigenvalue weighted by Gasteiger charge is -2.08. The van der Waals surface area contributed by atoms with E-state index in [-0.39, 0.29) is 11.7 Å². The van der Waals surface area contributed by atoms with Crippen LogP contribution in [0.15, 0.2) is 24.3 Å². The van der Waals surface area contributed by atoms with E-state index in [9.17, 15) is 9.90 Å². The van der Waals surface area contributed by atoms with E-state index in [1.165, 1.54) is 0 Å². The summed E-state index contributed by atoms with van der Waals surface area (Å²) in [6.45, 7) is 3.48. The number of nitrogens with zero attached hydrogens (tertiary/aromatic N) is 1. The molecule has 0 radical (unpaired) electrons. The van der Waals surface area contributed by atoms with Gasteiger partial charge in [-0.1, -0.05) is 23.7 Å². The lowest BCUT2D eigenvalue weighted by Crippen LogP contribution is -2.04. The molecule has 1 aliphatic rings. The van der Waals surface area contributed by atoms with Gasteiger partial charge in [0.1, 0.15) is 11.6 Å². The third-order valence-electron chi connectivity index (χ3n) is 3.52. The number of halogens is 1. The van der Waals surface area contributed by atoms with E-state index in [2.05, 4.69) is 10.3 Å². The first-order chi connectivity index (χ1) is 9.97.